The molecule has 134 valence electrons. The second-order valence-electron chi connectivity index (χ2n) is 7.20. The highest BCUT2D eigenvalue weighted by molar-refractivity contribution is 6.39. The van der Waals surface area contributed by atoms with Crippen molar-refractivity contribution in [2.75, 3.05) is 18.4 Å². The van der Waals surface area contributed by atoms with Gasteiger partial charge in [-0.3, -0.25) is 14.4 Å². The molecule has 0 saturated heterocycles. The zero-order valence-electron chi connectivity index (χ0n) is 14.8. The predicted octanol–water partition coefficient (Wildman–Crippen LogP) is 2.41. The molecule has 1 aromatic rings. The molecule has 0 spiro atoms. The number of aliphatic carboxylic acids is 1. The molecule has 2 rings (SSSR count). The van der Waals surface area contributed by atoms with E-state index in [-0.39, 0.29) is 18.5 Å². The van der Waals surface area contributed by atoms with Gasteiger partial charge in [0.2, 0.25) is 0 Å². The number of carbonyl (C=O) groups excluding carboxylic acids is 2. The number of amides is 2. The SMILES string of the molecule is CC(C)(C)c1ccccc1NC(=O)C(=O)N1CC=CCC(C(=O)O)C1. The van der Waals surface area contributed by atoms with Crippen molar-refractivity contribution in [2.24, 2.45) is 5.92 Å². The number of para-hydroxylation sites is 1. The van der Waals surface area contributed by atoms with Gasteiger partial charge >= 0.3 is 17.8 Å². The molecule has 0 saturated carbocycles. The van der Waals surface area contributed by atoms with Crippen LogP contribution >= 0.6 is 0 Å². The van der Waals surface area contributed by atoms with Gasteiger partial charge in [-0.1, -0.05) is 51.1 Å². The van der Waals surface area contributed by atoms with Gasteiger partial charge < -0.3 is 15.3 Å². The summed E-state index contributed by atoms with van der Waals surface area (Å²) in [6.45, 7) is 6.33. The average molecular weight is 344 g/mol. The Hall–Kier alpha value is -2.63. The van der Waals surface area contributed by atoms with Crippen molar-refractivity contribution in [1.82, 2.24) is 4.90 Å². The summed E-state index contributed by atoms with van der Waals surface area (Å²) in [4.78, 5) is 37.4. The van der Waals surface area contributed by atoms with Crippen molar-refractivity contribution in [3.63, 3.8) is 0 Å². The molecule has 1 atom stereocenters. The maximum Gasteiger partial charge on any atom is 0.313 e. The lowest BCUT2D eigenvalue weighted by molar-refractivity contribution is -0.146. The van der Waals surface area contributed by atoms with Gasteiger partial charge in [0.15, 0.2) is 0 Å². The zero-order valence-corrected chi connectivity index (χ0v) is 14.8. The van der Waals surface area contributed by atoms with Gasteiger partial charge in [-0.15, -0.1) is 0 Å². The Morgan fingerprint density at radius 2 is 1.84 bits per heavy atom. The van der Waals surface area contributed by atoms with Crippen molar-refractivity contribution in [2.45, 2.75) is 32.6 Å². The van der Waals surface area contributed by atoms with Crippen LogP contribution in [0.25, 0.3) is 0 Å². The monoisotopic (exact) mass is 344 g/mol. The summed E-state index contributed by atoms with van der Waals surface area (Å²) in [7, 11) is 0. The smallest absolute Gasteiger partial charge is 0.313 e. The number of benzene rings is 1. The fourth-order valence-corrected chi connectivity index (χ4v) is 2.79. The van der Waals surface area contributed by atoms with Crippen LogP contribution in [-0.2, 0) is 19.8 Å². The fraction of sp³-hybridized carbons (Fsp3) is 0.421. The highest BCUT2D eigenvalue weighted by Gasteiger charge is 2.29. The summed E-state index contributed by atoms with van der Waals surface area (Å²) in [6.07, 6.45) is 3.81. The van der Waals surface area contributed by atoms with Crippen molar-refractivity contribution in [3.05, 3.63) is 42.0 Å². The fourth-order valence-electron chi connectivity index (χ4n) is 2.79. The lowest BCUT2D eigenvalue weighted by atomic mass is 9.86. The quantitative estimate of drug-likeness (QED) is 0.637. The Morgan fingerprint density at radius 3 is 2.48 bits per heavy atom. The Bertz CT molecular complexity index is 704. The van der Waals surface area contributed by atoms with E-state index in [9.17, 15) is 19.5 Å². The molecule has 2 N–H and O–H groups in total. The first-order valence-electron chi connectivity index (χ1n) is 8.27. The van der Waals surface area contributed by atoms with E-state index in [1.165, 1.54) is 4.90 Å². The molecule has 0 fully saturated rings. The predicted molar refractivity (Wildman–Crippen MR) is 95.2 cm³/mol. The molecule has 6 nitrogen and oxygen atoms in total. The molecule has 1 aromatic carbocycles. The first kappa shape index (κ1) is 18.7. The van der Waals surface area contributed by atoms with E-state index >= 15 is 0 Å². The summed E-state index contributed by atoms with van der Waals surface area (Å²) in [5, 5.41) is 11.9. The van der Waals surface area contributed by atoms with Gasteiger partial charge in [-0.2, -0.15) is 0 Å². The molecule has 1 heterocycles. The Labute approximate surface area is 147 Å². The average Bonchev–Trinajstić information content (AvgIpc) is 2.79. The molecule has 6 heteroatoms. The summed E-state index contributed by atoms with van der Waals surface area (Å²) >= 11 is 0. The lowest BCUT2D eigenvalue weighted by Crippen LogP contribution is -2.43. The summed E-state index contributed by atoms with van der Waals surface area (Å²) in [6, 6.07) is 7.35. The molecular formula is C19H24N2O4. The molecule has 25 heavy (non-hydrogen) atoms. The van der Waals surface area contributed by atoms with Crippen LogP contribution in [0.3, 0.4) is 0 Å². The van der Waals surface area contributed by atoms with Crippen LogP contribution in [-0.4, -0.2) is 40.9 Å². The topological polar surface area (TPSA) is 86.7 Å². The van der Waals surface area contributed by atoms with Gasteiger partial charge in [0.1, 0.15) is 0 Å². The third-order valence-corrected chi connectivity index (χ3v) is 4.17. The number of hydrogen-bond donors (Lipinski definition) is 2. The molecule has 0 aliphatic carbocycles. The van der Waals surface area contributed by atoms with Gasteiger partial charge in [0.05, 0.1) is 5.92 Å². The number of allylic oxidation sites excluding steroid dienone is 1. The van der Waals surface area contributed by atoms with E-state index in [1.54, 1.807) is 24.3 Å². The summed E-state index contributed by atoms with van der Waals surface area (Å²) < 4.78 is 0. The van der Waals surface area contributed by atoms with Crippen molar-refractivity contribution in [3.8, 4) is 0 Å². The minimum Gasteiger partial charge on any atom is -0.481 e. The van der Waals surface area contributed by atoms with E-state index in [0.29, 0.717) is 12.1 Å². The van der Waals surface area contributed by atoms with E-state index < -0.39 is 23.7 Å². The van der Waals surface area contributed by atoms with Crippen LogP contribution < -0.4 is 5.32 Å². The third kappa shape index (κ3) is 4.68. The number of carboxylic acid groups (broad SMARTS) is 1. The number of anilines is 1. The van der Waals surface area contributed by atoms with Crippen LogP contribution in [0.15, 0.2) is 36.4 Å². The van der Waals surface area contributed by atoms with Crippen LogP contribution in [0, 0.1) is 5.92 Å². The maximum absolute atomic E-state index is 12.5. The van der Waals surface area contributed by atoms with Gasteiger partial charge in [0.25, 0.3) is 0 Å². The summed E-state index contributed by atoms with van der Waals surface area (Å²) in [5.74, 6) is -3.14. The first-order valence-corrected chi connectivity index (χ1v) is 8.27. The maximum atomic E-state index is 12.5. The number of carbonyl (C=O) groups is 3. The Balaban J connectivity index is 2.15. The molecule has 0 bridgehead atoms. The number of hydrogen-bond acceptors (Lipinski definition) is 3. The molecular weight excluding hydrogens is 320 g/mol. The number of carboxylic acids is 1. The van der Waals surface area contributed by atoms with Gasteiger partial charge in [-0.05, 0) is 23.5 Å². The van der Waals surface area contributed by atoms with Gasteiger partial charge in [0, 0.05) is 18.8 Å². The Morgan fingerprint density at radius 1 is 1.16 bits per heavy atom. The summed E-state index contributed by atoms with van der Waals surface area (Å²) in [5.41, 5.74) is 1.33. The number of nitrogens with one attached hydrogen (secondary N) is 1. The second kappa shape index (κ2) is 7.51. The van der Waals surface area contributed by atoms with Gasteiger partial charge in [-0.25, -0.2) is 0 Å². The first-order chi connectivity index (χ1) is 11.7. The van der Waals surface area contributed by atoms with E-state index in [1.807, 2.05) is 32.9 Å². The van der Waals surface area contributed by atoms with Crippen molar-refractivity contribution < 1.29 is 19.5 Å². The molecule has 1 aliphatic heterocycles. The molecule has 2 amide bonds. The molecule has 1 unspecified atom stereocenters. The lowest BCUT2D eigenvalue weighted by Gasteiger charge is -2.24. The van der Waals surface area contributed by atoms with E-state index in [4.69, 9.17) is 0 Å². The van der Waals surface area contributed by atoms with E-state index in [0.717, 1.165) is 5.56 Å². The normalized spacial score (nSPS) is 17.7. The Kier molecular flexibility index (Phi) is 5.62. The highest BCUT2D eigenvalue weighted by Crippen LogP contribution is 2.29. The third-order valence-electron chi connectivity index (χ3n) is 4.17. The number of nitrogens with zero attached hydrogens (tertiary/aromatic N) is 1. The molecule has 0 aromatic heterocycles. The second-order valence-corrected chi connectivity index (χ2v) is 7.20. The van der Waals surface area contributed by atoms with Crippen molar-refractivity contribution >= 4 is 23.5 Å². The van der Waals surface area contributed by atoms with Crippen LogP contribution in [0.4, 0.5) is 5.69 Å². The van der Waals surface area contributed by atoms with Crippen molar-refractivity contribution in [1.29, 1.82) is 0 Å². The number of rotatable bonds is 2. The highest BCUT2D eigenvalue weighted by atomic mass is 16.4. The minimum atomic E-state index is -0.970. The molecule has 1 aliphatic rings. The van der Waals surface area contributed by atoms with Crippen LogP contribution in [0.1, 0.15) is 32.8 Å². The van der Waals surface area contributed by atoms with Crippen LogP contribution in [0.2, 0.25) is 0 Å². The van der Waals surface area contributed by atoms with Crippen LogP contribution in [0.5, 0.6) is 0 Å². The zero-order chi connectivity index (χ0) is 18.6. The largest absolute Gasteiger partial charge is 0.481 e. The van der Waals surface area contributed by atoms with E-state index in [2.05, 4.69) is 5.32 Å². The standard InChI is InChI=1S/C19H24N2O4/c1-19(2,3)14-9-4-5-10-15(14)20-16(22)17(23)21-11-7-6-8-13(12-21)18(24)25/h4-7,9-10,13H,8,11-12H2,1-3H3,(H,20,22)(H,24,25). The minimum absolute atomic E-state index is 0.0233. The molecule has 0 radical (unpaired) electrons.